The number of nitrogens with zero attached hydrogens (tertiary/aromatic N) is 2. The van der Waals surface area contributed by atoms with Crippen LogP contribution in [0.1, 0.15) is 64.4 Å². The van der Waals surface area contributed by atoms with E-state index in [2.05, 4.69) is 10.3 Å². The van der Waals surface area contributed by atoms with E-state index in [9.17, 15) is 23.5 Å². The first-order valence-corrected chi connectivity index (χ1v) is 14.4. The summed E-state index contributed by atoms with van der Waals surface area (Å²) in [5, 5.41) is 12.8. The van der Waals surface area contributed by atoms with Gasteiger partial charge in [-0.25, -0.2) is 4.98 Å². The lowest BCUT2D eigenvalue weighted by Crippen LogP contribution is -2.58. The Morgan fingerprint density at radius 1 is 1.00 bits per heavy atom. The van der Waals surface area contributed by atoms with E-state index in [-0.39, 0.29) is 11.9 Å². The van der Waals surface area contributed by atoms with Crippen molar-refractivity contribution in [3.05, 3.63) is 72.4 Å². The molecule has 4 N–H and O–H groups in total. The summed E-state index contributed by atoms with van der Waals surface area (Å²) in [6, 6.07) is 20.1. The number of pyridine rings is 1. The maximum Gasteiger partial charge on any atom is 0.315 e. The molecule has 2 fully saturated rings. The number of benzene rings is 2. The predicted octanol–water partition coefficient (Wildman–Crippen LogP) is 6.12. The number of hydrogen-bond donors (Lipinski definition) is 3. The lowest BCUT2D eigenvalue weighted by molar-refractivity contribution is -0.144. The van der Waals surface area contributed by atoms with Gasteiger partial charge < -0.3 is 21.1 Å². The molecule has 2 saturated carbocycles. The third kappa shape index (κ3) is 7.57. The van der Waals surface area contributed by atoms with Crippen LogP contribution in [0.15, 0.2) is 66.9 Å². The Kier molecular flexibility index (Phi) is 9.74. The summed E-state index contributed by atoms with van der Waals surface area (Å²) < 4.78 is 24.1. The van der Waals surface area contributed by atoms with E-state index in [1.807, 2.05) is 67.6 Å². The number of amides is 2. The molecular formula is C33H40F2N4O3. The van der Waals surface area contributed by atoms with Gasteiger partial charge in [0.25, 0.3) is 5.91 Å². The number of anilines is 1. The lowest BCUT2D eigenvalue weighted by atomic mass is 9.63. The fourth-order valence-corrected chi connectivity index (χ4v) is 6.09. The van der Waals surface area contributed by atoms with Gasteiger partial charge >= 0.3 is 6.43 Å². The zero-order chi connectivity index (χ0) is 30.5. The van der Waals surface area contributed by atoms with E-state index in [1.54, 1.807) is 6.20 Å². The van der Waals surface area contributed by atoms with Crippen LogP contribution in [-0.4, -0.2) is 51.9 Å². The van der Waals surface area contributed by atoms with Crippen LogP contribution < -0.4 is 11.1 Å². The summed E-state index contributed by atoms with van der Waals surface area (Å²) in [5.74, 6) is -0.667. The van der Waals surface area contributed by atoms with Crippen molar-refractivity contribution in [2.75, 3.05) is 12.4 Å². The highest BCUT2D eigenvalue weighted by atomic mass is 19.3. The first-order chi connectivity index (χ1) is 19.9. The van der Waals surface area contributed by atoms with E-state index in [0.717, 1.165) is 59.9 Å². The normalized spacial score (nSPS) is 22.0. The quantitative estimate of drug-likeness (QED) is 0.327. The second kappa shape index (κ2) is 13.1. The zero-order valence-electron chi connectivity index (χ0n) is 24.4. The molecule has 9 heteroatoms. The maximum absolute atomic E-state index is 12.0. The maximum atomic E-state index is 12.0. The van der Waals surface area contributed by atoms with Crippen molar-refractivity contribution in [3.63, 3.8) is 0 Å². The van der Waals surface area contributed by atoms with Crippen molar-refractivity contribution < 1.29 is 23.5 Å². The van der Waals surface area contributed by atoms with Crippen molar-refractivity contribution in [2.45, 2.75) is 82.4 Å². The molecule has 1 aromatic heterocycles. The fourth-order valence-electron chi connectivity index (χ4n) is 6.09. The molecule has 224 valence electrons. The third-order valence-electron chi connectivity index (χ3n) is 8.11. The van der Waals surface area contributed by atoms with Gasteiger partial charge in [0, 0.05) is 37.3 Å². The van der Waals surface area contributed by atoms with Crippen LogP contribution in [-0.2, 0) is 15.1 Å². The summed E-state index contributed by atoms with van der Waals surface area (Å²) >= 11 is 0. The molecule has 0 atom stereocenters. The number of carbonyl (C=O) groups is 2. The Bertz CT molecular complexity index is 1370. The van der Waals surface area contributed by atoms with Crippen molar-refractivity contribution in [2.24, 2.45) is 5.73 Å². The average Bonchev–Trinajstić information content (AvgIpc) is 2.96. The summed E-state index contributed by atoms with van der Waals surface area (Å²) in [7, 11) is 1.48. The SMILES string of the molecule is CC(=O)Nc1cc(-c2ccccc2)c(-c2ccc(C3(N)CC(C)(O)C3)cc2)cn1.CN(C(=O)C(F)F)C1CCCCC1. The van der Waals surface area contributed by atoms with E-state index in [4.69, 9.17) is 5.73 Å². The lowest BCUT2D eigenvalue weighted by Gasteiger charge is -2.49. The number of rotatable bonds is 6. The van der Waals surface area contributed by atoms with Gasteiger partial charge in [-0.2, -0.15) is 8.78 Å². The van der Waals surface area contributed by atoms with Crippen molar-refractivity contribution in [3.8, 4) is 22.3 Å². The second-order valence-corrected chi connectivity index (χ2v) is 11.8. The number of nitrogens with two attached hydrogens (primary N) is 1. The van der Waals surface area contributed by atoms with E-state index in [1.165, 1.54) is 18.9 Å². The van der Waals surface area contributed by atoms with Crippen LogP contribution in [0.5, 0.6) is 0 Å². The molecule has 2 aromatic carbocycles. The van der Waals surface area contributed by atoms with Gasteiger partial charge in [0.15, 0.2) is 0 Å². The van der Waals surface area contributed by atoms with E-state index in [0.29, 0.717) is 18.7 Å². The van der Waals surface area contributed by atoms with Gasteiger partial charge in [0.1, 0.15) is 5.82 Å². The van der Waals surface area contributed by atoms with Crippen LogP contribution in [0.3, 0.4) is 0 Å². The van der Waals surface area contributed by atoms with Crippen LogP contribution in [0, 0.1) is 0 Å². The highest BCUT2D eigenvalue weighted by Crippen LogP contribution is 2.46. The van der Waals surface area contributed by atoms with Gasteiger partial charge in [0.2, 0.25) is 5.91 Å². The molecule has 0 spiro atoms. The van der Waals surface area contributed by atoms with Crippen molar-refractivity contribution >= 4 is 17.6 Å². The zero-order valence-corrected chi connectivity index (χ0v) is 24.4. The molecule has 2 amide bonds. The van der Waals surface area contributed by atoms with Crippen LogP contribution in [0.25, 0.3) is 22.3 Å². The number of hydrogen-bond acceptors (Lipinski definition) is 5. The molecule has 5 rings (SSSR count). The number of carbonyl (C=O) groups excluding carboxylic acids is 2. The molecule has 3 aromatic rings. The van der Waals surface area contributed by atoms with Gasteiger partial charge in [-0.1, -0.05) is 73.9 Å². The summed E-state index contributed by atoms with van der Waals surface area (Å²) in [6.07, 6.45) is 5.04. The minimum Gasteiger partial charge on any atom is -0.390 e. The van der Waals surface area contributed by atoms with Crippen molar-refractivity contribution in [1.29, 1.82) is 0 Å². The molecule has 2 aliphatic carbocycles. The molecule has 0 aliphatic heterocycles. The molecular weight excluding hydrogens is 538 g/mol. The molecule has 7 nitrogen and oxygen atoms in total. The molecule has 42 heavy (non-hydrogen) atoms. The molecule has 0 unspecified atom stereocenters. The minimum atomic E-state index is -2.85. The highest BCUT2D eigenvalue weighted by Gasteiger charge is 2.49. The van der Waals surface area contributed by atoms with Gasteiger partial charge in [0.05, 0.1) is 5.60 Å². The molecule has 0 radical (unpaired) electrons. The van der Waals surface area contributed by atoms with Gasteiger partial charge in [-0.3, -0.25) is 9.59 Å². The third-order valence-corrected chi connectivity index (χ3v) is 8.11. The Labute approximate surface area is 246 Å². The Morgan fingerprint density at radius 3 is 2.14 bits per heavy atom. The number of nitrogens with one attached hydrogen (secondary N) is 1. The Balaban J connectivity index is 0.000000262. The number of halogens is 2. The summed E-state index contributed by atoms with van der Waals surface area (Å²) in [6.45, 7) is 3.29. The van der Waals surface area contributed by atoms with E-state index < -0.39 is 23.5 Å². The molecule has 2 aliphatic rings. The largest absolute Gasteiger partial charge is 0.390 e. The number of alkyl halides is 2. The standard InChI is InChI=1S/C24H25N3O2.C9H15F2NO/c1-16(28)27-22-12-20(17-6-4-3-5-7-17)21(13-26-22)18-8-10-19(11-9-18)24(25)14-23(2,29)15-24;1-12(9(13)8(10)11)7-5-3-2-4-6-7/h3-13,29H,14-15,25H2,1-2H3,(H,26,27,28);7-8H,2-6H2,1H3. The summed E-state index contributed by atoms with van der Waals surface area (Å²) in [5.41, 5.74) is 10.4. The topological polar surface area (TPSA) is 109 Å². The number of aromatic nitrogens is 1. The molecule has 0 saturated heterocycles. The first-order valence-electron chi connectivity index (χ1n) is 14.4. The summed E-state index contributed by atoms with van der Waals surface area (Å²) in [4.78, 5) is 28.0. The van der Waals surface area contributed by atoms with Gasteiger partial charge in [-0.05, 0) is 60.9 Å². The minimum absolute atomic E-state index is 0.0373. The first kappa shape index (κ1) is 31.3. The average molecular weight is 579 g/mol. The highest BCUT2D eigenvalue weighted by molar-refractivity contribution is 5.91. The Morgan fingerprint density at radius 2 is 1.60 bits per heavy atom. The monoisotopic (exact) mass is 578 g/mol. The van der Waals surface area contributed by atoms with Crippen LogP contribution in [0.2, 0.25) is 0 Å². The predicted molar refractivity (Wildman–Crippen MR) is 161 cm³/mol. The smallest absolute Gasteiger partial charge is 0.315 e. The Hall–Kier alpha value is -3.69. The van der Waals surface area contributed by atoms with Crippen LogP contribution >= 0.6 is 0 Å². The molecule has 1 heterocycles. The van der Waals surface area contributed by atoms with Gasteiger partial charge in [-0.15, -0.1) is 0 Å². The van der Waals surface area contributed by atoms with E-state index >= 15 is 0 Å². The van der Waals surface area contributed by atoms with Crippen LogP contribution in [0.4, 0.5) is 14.6 Å². The number of aliphatic hydroxyl groups is 1. The molecule has 0 bridgehead atoms. The second-order valence-electron chi connectivity index (χ2n) is 11.8. The fraction of sp³-hybridized carbons (Fsp3) is 0.424. The van der Waals surface area contributed by atoms with Crippen molar-refractivity contribution in [1.82, 2.24) is 9.88 Å².